The van der Waals surface area contributed by atoms with Gasteiger partial charge in [-0.25, -0.2) is 0 Å². The minimum atomic E-state index is -0.477. The fourth-order valence-corrected chi connectivity index (χ4v) is 2.33. The number of nitro benzene ring substituents is 1. The van der Waals surface area contributed by atoms with Gasteiger partial charge in [-0.15, -0.1) is 0 Å². The number of amides is 1. The lowest BCUT2D eigenvalue weighted by Gasteiger charge is -2.27. The molecule has 0 atom stereocenters. The fraction of sp³-hybridized carbons (Fsp3) is 0.533. The molecule has 126 valence electrons. The van der Waals surface area contributed by atoms with Gasteiger partial charge < -0.3 is 20.3 Å². The second-order valence-electron chi connectivity index (χ2n) is 5.33. The van der Waals surface area contributed by atoms with Crippen molar-refractivity contribution in [3.8, 4) is 5.75 Å². The van der Waals surface area contributed by atoms with E-state index in [2.05, 4.69) is 15.5 Å². The van der Waals surface area contributed by atoms with Crippen molar-refractivity contribution in [2.45, 2.75) is 6.42 Å². The molecule has 0 unspecified atom stereocenters. The summed E-state index contributed by atoms with van der Waals surface area (Å²) in [5.74, 6) is 0.246. The van der Waals surface area contributed by atoms with Gasteiger partial charge in [-0.1, -0.05) is 0 Å². The number of benzene rings is 1. The predicted octanol–water partition coefficient (Wildman–Crippen LogP) is 0.385. The van der Waals surface area contributed by atoms with Crippen molar-refractivity contribution in [2.75, 3.05) is 45.9 Å². The lowest BCUT2D eigenvalue weighted by molar-refractivity contribution is -0.384. The van der Waals surface area contributed by atoms with E-state index in [1.807, 2.05) is 0 Å². The number of nitro groups is 1. The average Bonchev–Trinajstić information content (AvgIpc) is 2.58. The molecule has 0 radical (unpaired) electrons. The van der Waals surface area contributed by atoms with E-state index in [4.69, 9.17) is 4.74 Å². The highest BCUT2D eigenvalue weighted by Gasteiger charge is 2.09. The Labute approximate surface area is 134 Å². The van der Waals surface area contributed by atoms with Crippen LogP contribution < -0.4 is 15.4 Å². The molecule has 8 nitrogen and oxygen atoms in total. The van der Waals surface area contributed by atoms with Crippen LogP contribution in [-0.4, -0.2) is 61.6 Å². The minimum Gasteiger partial charge on any atom is -0.484 e. The quantitative estimate of drug-likeness (QED) is 0.408. The van der Waals surface area contributed by atoms with Crippen LogP contribution in [0.1, 0.15) is 6.42 Å². The van der Waals surface area contributed by atoms with E-state index < -0.39 is 4.92 Å². The standard InChI is InChI=1S/C15H22N4O4/c20-15(17-6-1-9-18-10-7-16-8-11-18)12-23-14-4-2-13(3-5-14)19(21)22/h2-5,16H,1,6-12H2,(H,17,20). The molecule has 2 N–H and O–H groups in total. The maximum absolute atomic E-state index is 11.7. The van der Waals surface area contributed by atoms with E-state index in [1.165, 1.54) is 24.3 Å². The Morgan fingerprint density at radius 3 is 2.65 bits per heavy atom. The molecule has 8 heteroatoms. The molecule has 1 aliphatic heterocycles. The van der Waals surface area contributed by atoms with E-state index in [0.29, 0.717) is 12.3 Å². The number of nitrogens with zero attached hydrogens (tertiary/aromatic N) is 2. The van der Waals surface area contributed by atoms with Crippen molar-refractivity contribution in [1.82, 2.24) is 15.5 Å². The van der Waals surface area contributed by atoms with Crippen LogP contribution in [0.25, 0.3) is 0 Å². The molecular weight excluding hydrogens is 300 g/mol. The number of non-ortho nitro benzene ring substituents is 1. The fourth-order valence-electron chi connectivity index (χ4n) is 2.33. The number of carbonyl (C=O) groups excluding carboxylic acids is 1. The smallest absolute Gasteiger partial charge is 0.269 e. The Bertz CT molecular complexity index is 515. The summed E-state index contributed by atoms with van der Waals surface area (Å²) in [6, 6.07) is 5.66. The van der Waals surface area contributed by atoms with Gasteiger partial charge in [0, 0.05) is 44.9 Å². The first-order chi connectivity index (χ1) is 11.1. The number of hydrogen-bond acceptors (Lipinski definition) is 6. The van der Waals surface area contributed by atoms with Gasteiger partial charge in [0.2, 0.25) is 0 Å². The van der Waals surface area contributed by atoms with Crippen LogP contribution in [0, 0.1) is 10.1 Å². The molecule has 1 fully saturated rings. The molecule has 1 aromatic rings. The van der Waals surface area contributed by atoms with Gasteiger partial charge in [0.25, 0.3) is 11.6 Å². The van der Waals surface area contributed by atoms with Gasteiger partial charge in [-0.05, 0) is 25.1 Å². The second-order valence-corrected chi connectivity index (χ2v) is 5.33. The monoisotopic (exact) mass is 322 g/mol. The summed E-state index contributed by atoms with van der Waals surface area (Å²) in [6.45, 7) is 5.66. The third-order valence-corrected chi connectivity index (χ3v) is 3.60. The van der Waals surface area contributed by atoms with Crippen LogP contribution in [0.5, 0.6) is 5.75 Å². The van der Waals surface area contributed by atoms with Crippen molar-refractivity contribution < 1.29 is 14.5 Å². The molecule has 1 heterocycles. The van der Waals surface area contributed by atoms with Gasteiger partial charge in [0.1, 0.15) is 5.75 Å². The van der Waals surface area contributed by atoms with Crippen molar-refractivity contribution in [2.24, 2.45) is 0 Å². The highest BCUT2D eigenvalue weighted by atomic mass is 16.6. The molecule has 0 aliphatic carbocycles. The highest BCUT2D eigenvalue weighted by molar-refractivity contribution is 5.77. The van der Waals surface area contributed by atoms with Crippen molar-refractivity contribution in [3.63, 3.8) is 0 Å². The van der Waals surface area contributed by atoms with Crippen LogP contribution in [0.4, 0.5) is 5.69 Å². The number of carbonyl (C=O) groups is 1. The summed E-state index contributed by atoms with van der Waals surface area (Å²) in [6.07, 6.45) is 0.906. The van der Waals surface area contributed by atoms with Crippen LogP contribution in [0.3, 0.4) is 0 Å². The third-order valence-electron chi connectivity index (χ3n) is 3.60. The first-order valence-corrected chi connectivity index (χ1v) is 7.72. The Morgan fingerprint density at radius 1 is 1.30 bits per heavy atom. The average molecular weight is 322 g/mol. The summed E-state index contributed by atoms with van der Waals surface area (Å²) in [5.41, 5.74) is -0.00489. The maximum Gasteiger partial charge on any atom is 0.269 e. The largest absolute Gasteiger partial charge is 0.484 e. The predicted molar refractivity (Wildman–Crippen MR) is 85.5 cm³/mol. The van der Waals surface area contributed by atoms with Crippen LogP contribution >= 0.6 is 0 Å². The summed E-state index contributed by atoms with van der Waals surface area (Å²) in [7, 11) is 0. The Balaban J connectivity index is 1.58. The van der Waals surface area contributed by atoms with Gasteiger partial charge in [0.05, 0.1) is 4.92 Å². The number of hydrogen-bond donors (Lipinski definition) is 2. The molecule has 23 heavy (non-hydrogen) atoms. The number of nitrogens with one attached hydrogen (secondary N) is 2. The first kappa shape index (κ1) is 17.2. The zero-order valence-electron chi connectivity index (χ0n) is 13.0. The van der Waals surface area contributed by atoms with E-state index in [0.717, 1.165) is 39.1 Å². The highest BCUT2D eigenvalue weighted by Crippen LogP contribution is 2.16. The summed E-state index contributed by atoms with van der Waals surface area (Å²) < 4.78 is 5.30. The molecule has 0 aromatic heterocycles. The normalized spacial score (nSPS) is 15.1. The van der Waals surface area contributed by atoms with Gasteiger partial charge in [-0.3, -0.25) is 14.9 Å². The summed E-state index contributed by atoms with van der Waals surface area (Å²) >= 11 is 0. The van der Waals surface area contributed by atoms with Gasteiger partial charge in [-0.2, -0.15) is 0 Å². The van der Waals surface area contributed by atoms with Crippen LogP contribution in [0.15, 0.2) is 24.3 Å². The molecular formula is C15H22N4O4. The lowest BCUT2D eigenvalue weighted by atomic mass is 10.3. The van der Waals surface area contributed by atoms with Crippen LogP contribution in [0.2, 0.25) is 0 Å². The molecule has 0 spiro atoms. The van der Waals surface area contributed by atoms with Gasteiger partial charge >= 0.3 is 0 Å². The molecule has 1 aliphatic rings. The molecule has 2 rings (SSSR count). The molecule has 1 aromatic carbocycles. The van der Waals surface area contributed by atoms with Crippen LogP contribution in [-0.2, 0) is 4.79 Å². The van der Waals surface area contributed by atoms with Crippen molar-refractivity contribution in [1.29, 1.82) is 0 Å². The zero-order valence-corrected chi connectivity index (χ0v) is 13.0. The van der Waals surface area contributed by atoms with E-state index >= 15 is 0 Å². The molecule has 0 saturated carbocycles. The number of ether oxygens (including phenoxy) is 1. The topological polar surface area (TPSA) is 96.7 Å². The molecule has 1 amide bonds. The number of piperazine rings is 1. The lowest BCUT2D eigenvalue weighted by Crippen LogP contribution is -2.44. The minimum absolute atomic E-state index is 0.00489. The zero-order chi connectivity index (χ0) is 16.5. The Hall–Kier alpha value is -2.19. The van der Waals surface area contributed by atoms with Gasteiger partial charge in [0.15, 0.2) is 6.61 Å². The van der Waals surface area contributed by atoms with E-state index in [9.17, 15) is 14.9 Å². The van der Waals surface area contributed by atoms with E-state index in [-0.39, 0.29) is 18.2 Å². The molecule has 0 bridgehead atoms. The third kappa shape index (κ3) is 6.21. The summed E-state index contributed by atoms with van der Waals surface area (Å²) in [5, 5.41) is 16.6. The van der Waals surface area contributed by atoms with Crippen molar-refractivity contribution >= 4 is 11.6 Å². The second kappa shape index (κ2) is 9.06. The summed E-state index contributed by atoms with van der Waals surface area (Å²) in [4.78, 5) is 24.1. The van der Waals surface area contributed by atoms with Crippen molar-refractivity contribution in [3.05, 3.63) is 34.4 Å². The van der Waals surface area contributed by atoms with E-state index in [1.54, 1.807) is 0 Å². The Morgan fingerprint density at radius 2 is 2.00 bits per heavy atom. The maximum atomic E-state index is 11.7. The first-order valence-electron chi connectivity index (χ1n) is 7.72. The SMILES string of the molecule is O=C(COc1ccc([N+](=O)[O-])cc1)NCCCN1CCNCC1. The number of rotatable bonds is 8. The molecule has 1 saturated heterocycles. The Kier molecular flexibility index (Phi) is 6.76.